The van der Waals surface area contributed by atoms with Crippen LogP contribution in [-0.4, -0.2) is 16.0 Å². The first-order chi connectivity index (χ1) is 8.06. The molecular formula is C13H22N4. The van der Waals surface area contributed by atoms with Crippen LogP contribution in [0.25, 0.3) is 0 Å². The van der Waals surface area contributed by atoms with E-state index < -0.39 is 0 Å². The molecule has 1 aromatic heterocycles. The van der Waals surface area contributed by atoms with E-state index in [-0.39, 0.29) is 0 Å². The van der Waals surface area contributed by atoms with Crippen molar-refractivity contribution >= 4 is 11.6 Å². The second-order valence-electron chi connectivity index (χ2n) is 5.49. The maximum Gasteiger partial charge on any atom is 0.134 e. The topological polar surface area (TPSA) is 63.8 Å². The Morgan fingerprint density at radius 2 is 1.82 bits per heavy atom. The summed E-state index contributed by atoms with van der Waals surface area (Å²) in [5, 5.41) is 3.52. The van der Waals surface area contributed by atoms with Gasteiger partial charge < -0.3 is 11.1 Å². The van der Waals surface area contributed by atoms with Crippen molar-refractivity contribution in [1.29, 1.82) is 0 Å². The monoisotopic (exact) mass is 234 g/mol. The molecule has 2 rings (SSSR count). The standard InChI is InChI=1S/C13H22N4/c1-8-4-9(2)6-11(5-8)17-13-10(3)12(14)15-7-16-13/h7-9,11H,4-6H2,1-3H3,(H3,14,15,16,17). The molecule has 0 amide bonds. The van der Waals surface area contributed by atoms with E-state index in [4.69, 9.17) is 5.73 Å². The van der Waals surface area contributed by atoms with Gasteiger partial charge in [0.25, 0.3) is 0 Å². The van der Waals surface area contributed by atoms with Crippen LogP contribution in [0.15, 0.2) is 6.33 Å². The summed E-state index contributed by atoms with van der Waals surface area (Å²) in [5.74, 6) is 3.04. The molecule has 94 valence electrons. The number of rotatable bonds is 2. The van der Waals surface area contributed by atoms with Gasteiger partial charge in [0.1, 0.15) is 18.0 Å². The minimum absolute atomic E-state index is 0.516. The highest BCUT2D eigenvalue weighted by atomic mass is 15.1. The van der Waals surface area contributed by atoms with Gasteiger partial charge in [0.05, 0.1) is 0 Å². The van der Waals surface area contributed by atoms with Gasteiger partial charge in [-0.05, 0) is 38.0 Å². The summed E-state index contributed by atoms with van der Waals surface area (Å²) in [7, 11) is 0. The fourth-order valence-electron chi connectivity index (χ4n) is 2.87. The van der Waals surface area contributed by atoms with Gasteiger partial charge in [-0.3, -0.25) is 0 Å². The fourth-order valence-corrected chi connectivity index (χ4v) is 2.87. The van der Waals surface area contributed by atoms with Gasteiger partial charge in [-0.25, -0.2) is 9.97 Å². The Kier molecular flexibility index (Phi) is 3.50. The summed E-state index contributed by atoms with van der Waals surface area (Å²) in [5.41, 5.74) is 6.75. The SMILES string of the molecule is Cc1c(N)ncnc1NC1CC(C)CC(C)C1. The zero-order valence-corrected chi connectivity index (χ0v) is 10.9. The second-order valence-corrected chi connectivity index (χ2v) is 5.49. The van der Waals surface area contributed by atoms with Crippen molar-refractivity contribution in [2.75, 3.05) is 11.1 Å². The number of nitrogen functional groups attached to an aromatic ring is 1. The molecule has 4 heteroatoms. The van der Waals surface area contributed by atoms with Crippen molar-refractivity contribution in [3.63, 3.8) is 0 Å². The molecule has 0 spiro atoms. The quantitative estimate of drug-likeness (QED) is 0.825. The van der Waals surface area contributed by atoms with Crippen molar-refractivity contribution in [1.82, 2.24) is 9.97 Å². The molecule has 1 saturated carbocycles. The fraction of sp³-hybridized carbons (Fsp3) is 0.692. The van der Waals surface area contributed by atoms with Crippen molar-refractivity contribution in [2.24, 2.45) is 11.8 Å². The third kappa shape index (κ3) is 2.87. The van der Waals surface area contributed by atoms with Gasteiger partial charge in [0.2, 0.25) is 0 Å². The lowest BCUT2D eigenvalue weighted by Crippen LogP contribution is -2.30. The highest BCUT2D eigenvalue weighted by Crippen LogP contribution is 2.30. The lowest BCUT2D eigenvalue weighted by atomic mass is 9.80. The molecule has 1 fully saturated rings. The van der Waals surface area contributed by atoms with Gasteiger partial charge in [0, 0.05) is 11.6 Å². The Bertz CT molecular complexity index is 381. The van der Waals surface area contributed by atoms with Crippen LogP contribution in [-0.2, 0) is 0 Å². The number of nitrogens with two attached hydrogens (primary N) is 1. The first-order valence-corrected chi connectivity index (χ1v) is 6.40. The van der Waals surface area contributed by atoms with Gasteiger partial charge in [-0.2, -0.15) is 0 Å². The first kappa shape index (κ1) is 12.1. The van der Waals surface area contributed by atoms with Gasteiger partial charge >= 0.3 is 0 Å². The molecule has 0 radical (unpaired) electrons. The van der Waals surface area contributed by atoms with Crippen molar-refractivity contribution in [2.45, 2.75) is 46.1 Å². The van der Waals surface area contributed by atoms with Crippen LogP contribution < -0.4 is 11.1 Å². The summed E-state index contributed by atoms with van der Waals surface area (Å²) >= 11 is 0. The van der Waals surface area contributed by atoms with E-state index >= 15 is 0 Å². The van der Waals surface area contributed by atoms with E-state index in [1.165, 1.54) is 25.6 Å². The molecule has 4 nitrogen and oxygen atoms in total. The number of nitrogens with zero attached hydrogens (tertiary/aromatic N) is 2. The van der Waals surface area contributed by atoms with Crippen LogP contribution in [0.4, 0.5) is 11.6 Å². The Morgan fingerprint density at radius 1 is 1.18 bits per heavy atom. The zero-order chi connectivity index (χ0) is 12.4. The average Bonchev–Trinajstić information content (AvgIpc) is 2.23. The first-order valence-electron chi connectivity index (χ1n) is 6.40. The lowest BCUT2D eigenvalue weighted by molar-refractivity contribution is 0.280. The van der Waals surface area contributed by atoms with E-state index in [0.717, 1.165) is 23.2 Å². The molecule has 1 aromatic rings. The predicted octanol–water partition coefficient (Wildman–Crippen LogP) is 2.60. The number of nitrogens with one attached hydrogen (secondary N) is 1. The van der Waals surface area contributed by atoms with Crippen LogP contribution >= 0.6 is 0 Å². The zero-order valence-electron chi connectivity index (χ0n) is 10.9. The molecule has 3 N–H and O–H groups in total. The third-order valence-electron chi connectivity index (χ3n) is 3.64. The molecule has 0 aromatic carbocycles. The Balaban J connectivity index is 2.07. The van der Waals surface area contributed by atoms with Crippen LogP contribution in [0.2, 0.25) is 0 Å². The largest absolute Gasteiger partial charge is 0.383 e. The van der Waals surface area contributed by atoms with Crippen LogP contribution in [0.5, 0.6) is 0 Å². The number of aromatic nitrogens is 2. The molecule has 1 aliphatic carbocycles. The molecule has 0 saturated heterocycles. The van der Waals surface area contributed by atoms with Crippen molar-refractivity contribution in [3.05, 3.63) is 11.9 Å². The van der Waals surface area contributed by atoms with E-state index in [1.54, 1.807) is 0 Å². The lowest BCUT2D eigenvalue weighted by Gasteiger charge is -2.32. The maximum atomic E-state index is 5.79. The molecule has 0 bridgehead atoms. The molecule has 1 aliphatic rings. The molecule has 0 aliphatic heterocycles. The molecular weight excluding hydrogens is 212 g/mol. The maximum absolute atomic E-state index is 5.79. The smallest absolute Gasteiger partial charge is 0.134 e. The van der Waals surface area contributed by atoms with E-state index in [0.29, 0.717) is 11.9 Å². The van der Waals surface area contributed by atoms with Crippen LogP contribution in [0.1, 0.15) is 38.7 Å². The molecule has 2 unspecified atom stereocenters. The average molecular weight is 234 g/mol. The van der Waals surface area contributed by atoms with Gasteiger partial charge in [-0.15, -0.1) is 0 Å². The summed E-state index contributed by atoms with van der Waals surface area (Å²) in [6, 6.07) is 0.516. The van der Waals surface area contributed by atoms with Crippen LogP contribution in [0.3, 0.4) is 0 Å². The van der Waals surface area contributed by atoms with E-state index in [9.17, 15) is 0 Å². The third-order valence-corrected chi connectivity index (χ3v) is 3.64. The second kappa shape index (κ2) is 4.90. The van der Waals surface area contributed by atoms with Crippen molar-refractivity contribution in [3.8, 4) is 0 Å². The van der Waals surface area contributed by atoms with Gasteiger partial charge in [0.15, 0.2) is 0 Å². The molecule has 2 atom stereocenters. The summed E-state index contributed by atoms with van der Waals surface area (Å²) in [6.45, 7) is 6.62. The Morgan fingerprint density at radius 3 is 2.47 bits per heavy atom. The minimum atomic E-state index is 0.516. The number of hydrogen-bond acceptors (Lipinski definition) is 4. The normalized spacial score (nSPS) is 29.0. The summed E-state index contributed by atoms with van der Waals surface area (Å²) in [4.78, 5) is 8.27. The van der Waals surface area contributed by atoms with Crippen LogP contribution in [0, 0.1) is 18.8 Å². The summed E-state index contributed by atoms with van der Waals surface area (Å²) < 4.78 is 0. The Labute approximate surface area is 103 Å². The molecule has 17 heavy (non-hydrogen) atoms. The number of hydrogen-bond donors (Lipinski definition) is 2. The van der Waals surface area contributed by atoms with Crippen molar-refractivity contribution < 1.29 is 0 Å². The highest BCUT2D eigenvalue weighted by molar-refractivity contribution is 5.54. The minimum Gasteiger partial charge on any atom is -0.383 e. The predicted molar refractivity (Wildman–Crippen MR) is 70.8 cm³/mol. The molecule has 1 heterocycles. The Hall–Kier alpha value is -1.32. The number of anilines is 2. The summed E-state index contributed by atoms with van der Waals surface area (Å²) in [6.07, 6.45) is 5.30. The van der Waals surface area contributed by atoms with Gasteiger partial charge in [-0.1, -0.05) is 13.8 Å². The van der Waals surface area contributed by atoms with E-state index in [2.05, 4.69) is 29.1 Å². The van der Waals surface area contributed by atoms with E-state index in [1.807, 2.05) is 6.92 Å². The highest BCUT2D eigenvalue weighted by Gasteiger charge is 2.24.